The van der Waals surface area contributed by atoms with Crippen LogP contribution in [0.25, 0.3) is 11.4 Å². The number of hydrogen-bond donors (Lipinski definition) is 0. The van der Waals surface area contributed by atoms with Crippen molar-refractivity contribution in [2.75, 3.05) is 6.61 Å². The number of carbonyl (C=O) groups is 1. The van der Waals surface area contributed by atoms with Gasteiger partial charge in [-0.3, -0.25) is 0 Å². The zero-order valence-corrected chi connectivity index (χ0v) is 15.2. The van der Waals surface area contributed by atoms with Crippen LogP contribution in [0.1, 0.15) is 39.5 Å². The molecule has 0 radical (unpaired) electrons. The topological polar surface area (TPSA) is 66.2 Å². The number of hydrogen-bond acceptors (Lipinski definition) is 5. The maximum absolute atomic E-state index is 13.9. The number of unbranched alkanes of at least 4 members (excludes halogenated alkanes) is 2. The van der Waals surface area contributed by atoms with E-state index in [4.69, 9.17) is 9.47 Å². The summed E-state index contributed by atoms with van der Waals surface area (Å²) in [5.74, 6) is -1.79. The molecule has 0 N–H and O–H groups in total. The van der Waals surface area contributed by atoms with E-state index in [1.165, 1.54) is 10.7 Å². The molecule has 1 aromatic heterocycles. The van der Waals surface area contributed by atoms with Crippen LogP contribution in [-0.2, 0) is 16.6 Å². The van der Waals surface area contributed by atoms with Crippen LogP contribution in [0.15, 0.2) is 18.2 Å². The fourth-order valence-corrected chi connectivity index (χ4v) is 2.45. The summed E-state index contributed by atoms with van der Waals surface area (Å²) < 4.78 is 38.7. The highest BCUT2D eigenvalue weighted by Crippen LogP contribution is 2.23. The molecule has 0 saturated heterocycles. The number of aryl methyl sites for hydroxylation is 1. The molecule has 0 spiro atoms. The maximum Gasteiger partial charge on any atom is 0.344 e. The van der Waals surface area contributed by atoms with E-state index >= 15 is 0 Å². The average molecular weight is 367 g/mol. The van der Waals surface area contributed by atoms with Gasteiger partial charge in [0.2, 0.25) is 0 Å². The Hall–Kier alpha value is -2.51. The summed E-state index contributed by atoms with van der Waals surface area (Å²) >= 11 is 0. The van der Waals surface area contributed by atoms with E-state index in [0.717, 1.165) is 37.8 Å². The van der Waals surface area contributed by atoms with E-state index in [9.17, 15) is 13.6 Å². The van der Waals surface area contributed by atoms with Gasteiger partial charge in [0.15, 0.2) is 12.4 Å². The van der Waals surface area contributed by atoms with Gasteiger partial charge in [0.25, 0.3) is 0 Å². The van der Waals surface area contributed by atoms with Crippen LogP contribution in [0, 0.1) is 11.6 Å². The summed E-state index contributed by atoms with van der Waals surface area (Å²) in [5, 5.41) is 3.98. The van der Waals surface area contributed by atoms with Crippen molar-refractivity contribution in [2.24, 2.45) is 7.05 Å². The van der Waals surface area contributed by atoms with Crippen LogP contribution < -0.4 is 4.74 Å². The van der Waals surface area contributed by atoms with Crippen molar-refractivity contribution in [3.63, 3.8) is 0 Å². The lowest BCUT2D eigenvalue weighted by Crippen LogP contribution is -2.21. The van der Waals surface area contributed by atoms with Crippen molar-refractivity contribution in [1.82, 2.24) is 14.8 Å². The summed E-state index contributed by atoms with van der Waals surface area (Å²) in [6, 6.07) is 3.08. The van der Waals surface area contributed by atoms with Gasteiger partial charge in [0.1, 0.15) is 11.6 Å². The maximum atomic E-state index is 13.9. The normalized spacial score (nSPS) is 12.0. The minimum Gasteiger partial charge on any atom is -0.460 e. The second kappa shape index (κ2) is 9.26. The first-order valence-corrected chi connectivity index (χ1v) is 8.59. The number of benzene rings is 1. The molecule has 0 bridgehead atoms. The van der Waals surface area contributed by atoms with Crippen LogP contribution in [-0.4, -0.2) is 33.4 Å². The van der Waals surface area contributed by atoms with Gasteiger partial charge in [-0.15, -0.1) is 5.10 Å². The fourth-order valence-electron chi connectivity index (χ4n) is 2.45. The van der Waals surface area contributed by atoms with E-state index in [0.29, 0.717) is 0 Å². The van der Waals surface area contributed by atoms with Crippen LogP contribution in [0.3, 0.4) is 0 Å². The van der Waals surface area contributed by atoms with Crippen molar-refractivity contribution in [2.45, 2.75) is 45.6 Å². The molecule has 0 aliphatic rings. The number of carbonyl (C=O) groups excluding carboxylic acids is 1. The molecular weight excluding hydrogens is 344 g/mol. The Morgan fingerprint density at radius 3 is 2.77 bits per heavy atom. The number of halogens is 2. The van der Waals surface area contributed by atoms with Crippen molar-refractivity contribution >= 4 is 5.97 Å². The minimum absolute atomic E-state index is 0.0817. The van der Waals surface area contributed by atoms with Gasteiger partial charge in [-0.2, -0.15) is 4.98 Å². The molecule has 1 heterocycles. The number of esters is 1. The Morgan fingerprint density at radius 2 is 2.08 bits per heavy atom. The lowest BCUT2D eigenvalue weighted by molar-refractivity contribution is -0.151. The predicted molar refractivity (Wildman–Crippen MR) is 91.5 cm³/mol. The third kappa shape index (κ3) is 5.50. The first-order chi connectivity index (χ1) is 12.4. The fraction of sp³-hybridized carbons (Fsp3) is 0.500. The van der Waals surface area contributed by atoms with E-state index in [1.807, 2.05) is 6.92 Å². The Kier molecular flexibility index (Phi) is 7.06. The van der Waals surface area contributed by atoms with Gasteiger partial charge < -0.3 is 9.47 Å². The van der Waals surface area contributed by atoms with Gasteiger partial charge in [-0.25, -0.2) is 18.3 Å². The van der Waals surface area contributed by atoms with E-state index in [1.54, 1.807) is 7.05 Å². The molecule has 2 rings (SSSR count). The molecule has 26 heavy (non-hydrogen) atoms. The second-order valence-electron chi connectivity index (χ2n) is 6.05. The predicted octanol–water partition coefficient (Wildman–Crippen LogP) is 3.65. The van der Waals surface area contributed by atoms with E-state index < -0.39 is 17.6 Å². The quantitative estimate of drug-likeness (QED) is 0.500. The molecule has 0 fully saturated rings. The summed E-state index contributed by atoms with van der Waals surface area (Å²) in [6.45, 7) is 3.60. The molecule has 1 atom stereocenters. The van der Waals surface area contributed by atoms with Crippen molar-refractivity contribution in [3.05, 3.63) is 29.8 Å². The molecule has 142 valence electrons. The average Bonchev–Trinajstić information content (AvgIpc) is 2.94. The van der Waals surface area contributed by atoms with Gasteiger partial charge in [-0.05, 0) is 31.9 Å². The highest BCUT2D eigenvalue weighted by molar-refractivity contribution is 5.71. The van der Waals surface area contributed by atoms with Crippen molar-refractivity contribution in [3.8, 4) is 17.4 Å². The van der Waals surface area contributed by atoms with Gasteiger partial charge in [-0.1, -0.05) is 19.8 Å². The van der Waals surface area contributed by atoms with Gasteiger partial charge in [0, 0.05) is 13.1 Å². The first kappa shape index (κ1) is 19.8. The third-order valence-corrected chi connectivity index (χ3v) is 3.78. The molecule has 8 heteroatoms. The first-order valence-electron chi connectivity index (χ1n) is 8.59. The lowest BCUT2D eigenvalue weighted by Gasteiger charge is -2.12. The van der Waals surface area contributed by atoms with E-state index in [2.05, 4.69) is 17.0 Å². The third-order valence-electron chi connectivity index (χ3n) is 3.78. The highest BCUT2D eigenvalue weighted by atomic mass is 19.1. The molecule has 1 unspecified atom stereocenters. The summed E-state index contributed by atoms with van der Waals surface area (Å²) in [6.07, 6.45) is 3.82. The zero-order chi connectivity index (χ0) is 19.1. The van der Waals surface area contributed by atoms with Crippen LogP contribution in [0.5, 0.6) is 6.01 Å². The summed E-state index contributed by atoms with van der Waals surface area (Å²) in [7, 11) is 1.55. The number of aromatic nitrogens is 3. The van der Waals surface area contributed by atoms with Gasteiger partial charge in [0.05, 0.1) is 11.7 Å². The molecule has 0 saturated carbocycles. The molecule has 0 amide bonds. The van der Waals surface area contributed by atoms with E-state index in [-0.39, 0.29) is 30.1 Å². The highest BCUT2D eigenvalue weighted by Gasteiger charge is 2.17. The smallest absolute Gasteiger partial charge is 0.344 e. The molecular formula is C18H23F2N3O3. The monoisotopic (exact) mass is 367 g/mol. The molecule has 0 aliphatic heterocycles. The molecule has 6 nitrogen and oxygen atoms in total. The SMILES string of the molecule is CCCCCC(C)OC(=O)COc1nc(-c2ccc(F)cc2F)n(C)n1. The van der Waals surface area contributed by atoms with Crippen LogP contribution in [0.2, 0.25) is 0 Å². The summed E-state index contributed by atoms with van der Waals surface area (Å²) in [4.78, 5) is 15.8. The van der Waals surface area contributed by atoms with Gasteiger partial charge >= 0.3 is 12.0 Å². The number of nitrogens with zero attached hydrogens (tertiary/aromatic N) is 3. The Bertz CT molecular complexity index is 749. The second-order valence-corrected chi connectivity index (χ2v) is 6.05. The number of ether oxygens (including phenoxy) is 2. The van der Waals surface area contributed by atoms with Crippen molar-refractivity contribution in [1.29, 1.82) is 0 Å². The lowest BCUT2D eigenvalue weighted by atomic mass is 10.1. The Balaban J connectivity index is 1.92. The summed E-state index contributed by atoms with van der Waals surface area (Å²) in [5.41, 5.74) is 0.0865. The Labute approximate surface area is 151 Å². The molecule has 1 aromatic carbocycles. The molecule has 2 aromatic rings. The standard InChI is InChI=1S/C18H23F2N3O3/c1-4-5-6-7-12(2)26-16(24)11-25-18-21-17(23(3)22-18)14-9-8-13(19)10-15(14)20/h8-10,12H,4-7,11H2,1-3H3. The van der Waals surface area contributed by atoms with Crippen LogP contribution >= 0.6 is 0 Å². The zero-order valence-electron chi connectivity index (χ0n) is 15.2. The van der Waals surface area contributed by atoms with Crippen LogP contribution in [0.4, 0.5) is 8.78 Å². The number of rotatable bonds is 9. The Morgan fingerprint density at radius 1 is 1.31 bits per heavy atom. The van der Waals surface area contributed by atoms with Crippen molar-refractivity contribution < 1.29 is 23.0 Å². The largest absolute Gasteiger partial charge is 0.460 e. The molecule has 0 aliphatic carbocycles. The minimum atomic E-state index is -0.757.